The third-order valence-corrected chi connectivity index (χ3v) is 3.45. The van der Waals surface area contributed by atoms with Gasteiger partial charge < -0.3 is 15.8 Å². The highest BCUT2D eigenvalue weighted by Gasteiger charge is 2.29. The molecule has 21 heavy (non-hydrogen) atoms. The largest absolute Gasteiger partial charge is 0.364 e. The van der Waals surface area contributed by atoms with Gasteiger partial charge in [-0.25, -0.2) is 9.97 Å². The lowest BCUT2D eigenvalue weighted by molar-refractivity contribution is -0.126. The Labute approximate surface area is 122 Å². The lowest BCUT2D eigenvalue weighted by Crippen LogP contribution is -2.29. The summed E-state index contributed by atoms with van der Waals surface area (Å²) in [5.41, 5.74) is 6.18. The van der Waals surface area contributed by atoms with Crippen LogP contribution in [0.4, 0.5) is 5.69 Å². The number of hydrogen-bond acceptors (Lipinski definition) is 5. The second kappa shape index (κ2) is 6.02. The van der Waals surface area contributed by atoms with Crippen molar-refractivity contribution in [1.29, 1.82) is 0 Å². The summed E-state index contributed by atoms with van der Waals surface area (Å²) in [6, 6.07) is 3.62. The first-order valence-corrected chi connectivity index (χ1v) is 6.87. The van der Waals surface area contributed by atoms with Crippen LogP contribution in [0.5, 0.6) is 0 Å². The first-order chi connectivity index (χ1) is 10.3. The molecule has 0 bridgehead atoms. The SMILES string of the molecule is NC[C@H]1CC[C@@H](C(=O)Nc2ccc(-n3ccnc3)nc2)O1. The van der Waals surface area contributed by atoms with Crippen LogP contribution in [0.3, 0.4) is 0 Å². The van der Waals surface area contributed by atoms with E-state index in [1.807, 2.05) is 6.07 Å². The topological polar surface area (TPSA) is 95.1 Å². The number of anilines is 1. The van der Waals surface area contributed by atoms with Gasteiger partial charge in [0, 0.05) is 18.9 Å². The van der Waals surface area contributed by atoms with E-state index >= 15 is 0 Å². The smallest absolute Gasteiger partial charge is 0.253 e. The Morgan fingerprint density at radius 2 is 2.38 bits per heavy atom. The standard InChI is InChI=1S/C14H17N5O2/c15-7-11-2-3-12(21-11)14(20)18-10-1-4-13(17-8-10)19-6-5-16-9-19/h1,4-6,8-9,11-12H,2-3,7,15H2,(H,18,20)/t11-,12+/m1/s1. The second-order valence-electron chi connectivity index (χ2n) is 4.92. The molecule has 0 aliphatic carbocycles. The van der Waals surface area contributed by atoms with Gasteiger partial charge in [0.15, 0.2) is 0 Å². The summed E-state index contributed by atoms with van der Waals surface area (Å²) in [4.78, 5) is 20.3. The fraction of sp³-hybridized carbons (Fsp3) is 0.357. The molecule has 3 rings (SSSR count). The van der Waals surface area contributed by atoms with Gasteiger partial charge in [-0.2, -0.15) is 0 Å². The van der Waals surface area contributed by atoms with Crippen LogP contribution in [0.15, 0.2) is 37.1 Å². The lowest BCUT2D eigenvalue weighted by atomic mass is 10.2. The molecule has 3 N–H and O–H groups in total. The minimum atomic E-state index is -0.424. The Kier molecular flexibility index (Phi) is 3.94. The predicted octanol–water partition coefficient (Wildman–Crippen LogP) is 0.712. The van der Waals surface area contributed by atoms with Crippen molar-refractivity contribution in [1.82, 2.24) is 14.5 Å². The van der Waals surface area contributed by atoms with Gasteiger partial charge in [-0.1, -0.05) is 0 Å². The van der Waals surface area contributed by atoms with E-state index in [0.29, 0.717) is 18.7 Å². The molecular formula is C14H17N5O2. The van der Waals surface area contributed by atoms with Crippen LogP contribution < -0.4 is 11.1 Å². The third-order valence-electron chi connectivity index (χ3n) is 3.45. The predicted molar refractivity (Wildman–Crippen MR) is 76.9 cm³/mol. The summed E-state index contributed by atoms with van der Waals surface area (Å²) in [7, 11) is 0. The van der Waals surface area contributed by atoms with E-state index in [-0.39, 0.29) is 12.0 Å². The van der Waals surface area contributed by atoms with Gasteiger partial charge in [0.25, 0.3) is 5.91 Å². The highest BCUT2D eigenvalue weighted by molar-refractivity contribution is 5.94. The van der Waals surface area contributed by atoms with E-state index in [4.69, 9.17) is 10.5 Å². The van der Waals surface area contributed by atoms with Crippen LogP contribution >= 0.6 is 0 Å². The van der Waals surface area contributed by atoms with Gasteiger partial charge in [-0.15, -0.1) is 0 Å². The molecule has 110 valence electrons. The Morgan fingerprint density at radius 1 is 1.48 bits per heavy atom. The number of hydrogen-bond donors (Lipinski definition) is 2. The highest BCUT2D eigenvalue weighted by atomic mass is 16.5. The number of carbonyl (C=O) groups is 1. The van der Waals surface area contributed by atoms with Crippen LogP contribution in [-0.4, -0.2) is 39.2 Å². The van der Waals surface area contributed by atoms with Crippen LogP contribution in [0.25, 0.3) is 5.82 Å². The van der Waals surface area contributed by atoms with Crippen molar-refractivity contribution in [2.45, 2.75) is 25.0 Å². The average Bonchev–Trinajstić information content (AvgIpc) is 3.19. The molecule has 7 heteroatoms. The van der Waals surface area contributed by atoms with E-state index in [1.54, 1.807) is 35.6 Å². The summed E-state index contributed by atoms with van der Waals surface area (Å²) in [5, 5.41) is 2.81. The molecule has 0 saturated carbocycles. The molecule has 1 aliphatic rings. The Bertz CT molecular complexity index is 596. The van der Waals surface area contributed by atoms with E-state index in [2.05, 4.69) is 15.3 Å². The molecule has 0 radical (unpaired) electrons. The lowest BCUT2D eigenvalue weighted by Gasteiger charge is -2.12. The Balaban J connectivity index is 1.62. The summed E-state index contributed by atoms with van der Waals surface area (Å²) in [6.07, 6.45) is 7.86. The molecule has 1 fully saturated rings. The van der Waals surface area contributed by atoms with E-state index in [9.17, 15) is 4.79 Å². The third kappa shape index (κ3) is 3.09. The van der Waals surface area contributed by atoms with Crippen LogP contribution in [-0.2, 0) is 9.53 Å². The van der Waals surface area contributed by atoms with Gasteiger partial charge in [-0.3, -0.25) is 9.36 Å². The maximum Gasteiger partial charge on any atom is 0.253 e. The molecule has 7 nitrogen and oxygen atoms in total. The van der Waals surface area contributed by atoms with Crippen molar-refractivity contribution in [3.05, 3.63) is 37.1 Å². The van der Waals surface area contributed by atoms with E-state index in [1.165, 1.54) is 0 Å². The molecule has 1 saturated heterocycles. The summed E-state index contributed by atoms with van der Waals surface area (Å²) in [6.45, 7) is 0.449. The molecule has 0 spiro atoms. The number of imidazole rings is 1. The Morgan fingerprint density at radius 3 is 3.00 bits per heavy atom. The second-order valence-corrected chi connectivity index (χ2v) is 4.92. The molecule has 2 aromatic heterocycles. The van der Waals surface area contributed by atoms with Crippen molar-refractivity contribution in [2.24, 2.45) is 5.73 Å². The summed E-state index contributed by atoms with van der Waals surface area (Å²) in [5.74, 6) is 0.592. The minimum Gasteiger partial charge on any atom is -0.364 e. The number of ether oxygens (including phenoxy) is 1. The molecule has 1 amide bonds. The van der Waals surface area contributed by atoms with Crippen molar-refractivity contribution >= 4 is 11.6 Å². The number of aromatic nitrogens is 3. The zero-order valence-electron chi connectivity index (χ0n) is 11.5. The van der Waals surface area contributed by atoms with Gasteiger partial charge in [0.05, 0.1) is 18.0 Å². The quantitative estimate of drug-likeness (QED) is 0.863. The molecule has 0 unspecified atom stereocenters. The minimum absolute atomic E-state index is 0.0116. The molecule has 3 heterocycles. The fourth-order valence-electron chi connectivity index (χ4n) is 2.30. The molecule has 1 aliphatic heterocycles. The first kappa shape index (κ1) is 13.7. The average molecular weight is 287 g/mol. The number of rotatable bonds is 4. The van der Waals surface area contributed by atoms with Gasteiger partial charge >= 0.3 is 0 Å². The first-order valence-electron chi connectivity index (χ1n) is 6.87. The van der Waals surface area contributed by atoms with Gasteiger partial charge in [-0.05, 0) is 25.0 Å². The maximum atomic E-state index is 12.1. The zero-order valence-corrected chi connectivity index (χ0v) is 11.5. The molecular weight excluding hydrogens is 270 g/mol. The number of pyridine rings is 1. The monoisotopic (exact) mass is 287 g/mol. The van der Waals surface area contributed by atoms with Crippen molar-refractivity contribution in [2.75, 3.05) is 11.9 Å². The zero-order chi connectivity index (χ0) is 14.7. The van der Waals surface area contributed by atoms with Gasteiger partial charge in [0.1, 0.15) is 18.2 Å². The van der Waals surface area contributed by atoms with Gasteiger partial charge in [0.2, 0.25) is 0 Å². The van der Waals surface area contributed by atoms with Crippen LogP contribution in [0.2, 0.25) is 0 Å². The maximum absolute atomic E-state index is 12.1. The number of nitrogens with two attached hydrogens (primary N) is 1. The molecule has 2 aromatic rings. The normalized spacial score (nSPS) is 21.4. The highest BCUT2D eigenvalue weighted by Crippen LogP contribution is 2.20. The van der Waals surface area contributed by atoms with E-state index in [0.717, 1.165) is 12.2 Å². The summed E-state index contributed by atoms with van der Waals surface area (Å²) >= 11 is 0. The van der Waals surface area contributed by atoms with E-state index < -0.39 is 6.10 Å². The molecule has 0 aromatic carbocycles. The number of carbonyl (C=O) groups excluding carboxylic acids is 1. The van der Waals surface area contributed by atoms with Crippen LogP contribution in [0, 0.1) is 0 Å². The van der Waals surface area contributed by atoms with Crippen LogP contribution in [0.1, 0.15) is 12.8 Å². The van der Waals surface area contributed by atoms with Crippen molar-refractivity contribution in [3.8, 4) is 5.82 Å². The van der Waals surface area contributed by atoms with Crippen molar-refractivity contribution < 1.29 is 9.53 Å². The fourth-order valence-corrected chi connectivity index (χ4v) is 2.30. The number of nitrogens with one attached hydrogen (secondary N) is 1. The molecule has 2 atom stereocenters. The summed E-state index contributed by atoms with van der Waals surface area (Å²) < 4.78 is 7.35. The van der Waals surface area contributed by atoms with Crippen molar-refractivity contribution in [3.63, 3.8) is 0 Å². The number of amides is 1. The Hall–Kier alpha value is -2.25. The number of nitrogens with zero attached hydrogens (tertiary/aromatic N) is 3.